The molecular weight excluding hydrogens is 346 g/mol. The van der Waals surface area contributed by atoms with E-state index in [1.165, 1.54) is 11.8 Å². The van der Waals surface area contributed by atoms with Crippen molar-refractivity contribution in [2.75, 3.05) is 5.32 Å². The maximum atomic E-state index is 12.3. The second kappa shape index (κ2) is 7.40. The fourth-order valence-electron chi connectivity index (χ4n) is 2.67. The van der Waals surface area contributed by atoms with E-state index in [-0.39, 0.29) is 11.5 Å². The van der Waals surface area contributed by atoms with Crippen LogP contribution in [0.4, 0.5) is 5.69 Å². The largest absolute Gasteiger partial charge is 0.325 e. The van der Waals surface area contributed by atoms with Gasteiger partial charge in [0.15, 0.2) is 5.16 Å². The fourth-order valence-corrected chi connectivity index (χ4v) is 3.67. The number of anilines is 1. The van der Waals surface area contributed by atoms with Gasteiger partial charge >= 0.3 is 0 Å². The lowest BCUT2D eigenvalue weighted by molar-refractivity contribution is -0.115. The maximum Gasteiger partial charge on any atom is 0.254 e. The average Bonchev–Trinajstić information content (AvgIpc) is 2.55. The lowest BCUT2D eigenvalue weighted by atomic mass is 9.97. The van der Waals surface area contributed by atoms with Crippen molar-refractivity contribution < 1.29 is 4.79 Å². The van der Waals surface area contributed by atoms with E-state index in [0.717, 1.165) is 36.9 Å². The summed E-state index contributed by atoms with van der Waals surface area (Å²) in [7, 11) is 0. The van der Waals surface area contributed by atoms with Gasteiger partial charge in [0.05, 0.1) is 10.9 Å². The van der Waals surface area contributed by atoms with Crippen LogP contribution in [0.2, 0.25) is 5.02 Å². The van der Waals surface area contributed by atoms with Crippen LogP contribution < -0.4 is 10.9 Å². The number of nitrogens with one attached hydrogen (secondary N) is 2. The van der Waals surface area contributed by atoms with Gasteiger partial charge in [-0.15, -0.1) is 0 Å². The summed E-state index contributed by atoms with van der Waals surface area (Å²) in [5, 5.41) is 3.48. The Bertz CT molecular complexity index is 822. The fraction of sp³-hybridized carbons (Fsp3) is 0.353. The van der Waals surface area contributed by atoms with Crippen LogP contribution in [-0.4, -0.2) is 21.1 Å². The third-order valence-corrected chi connectivity index (χ3v) is 5.14. The first-order valence-electron chi connectivity index (χ1n) is 7.88. The summed E-state index contributed by atoms with van der Waals surface area (Å²) in [6.45, 7) is 1.78. The van der Waals surface area contributed by atoms with Gasteiger partial charge in [-0.2, -0.15) is 0 Å². The van der Waals surface area contributed by atoms with Crippen LogP contribution in [0, 0.1) is 0 Å². The normalized spacial score (nSPS) is 14.8. The van der Waals surface area contributed by atoms with E-state index in [2.05, 4.69) is 15.3 Å². The highest BCUT2D eigenvalue weighted by atomic mass is 35.5. The Hall–Kier alpha value is -1.79. The Morgan fingerprint density at radius 3 is 2.96 bits per heavy atom. The van der Waals surface area contributed by atoms with Crippen LogP contribution in [-0.2, 0) is 17.6 Å². The molecule has 0 radical (unpaired) electrons. The molecule has 0 spiro atoms. The average molecular weight is 364 g/mol. The van der Waals surface area contributed by atoms with Crippen LogP contribution in [0.1, 0.15) is 31.0 Å². The lowest BCUT2D eigenvalue weighted by Gasteiger charge is -2.16. The standard InChI is InChI=1S/C17H18ClN3O2S/c1-10(15(22)19-12-6-4-5-11(18)9-12)24-17-20-14-8-3-2-7-13(14)16(23)21-17/h4-6,9-10H,2-3,7-8H2,1H3,(H,19,22)(H,20,21,23)/t10-/m0/s1. The van der Waals surface area contributed by atoms with Crippen LogP contribution in [0.3, 0.4) is 0 Å². The first-order valence-corrected chi connectivity index (χ1v) is 9.14. The van der Waals surface area contributed by atoms with Gasteiger partial charge in [-0.3, -0.25) is 9.59 Å². The number of halogens is 1. The molecule has 0 aliphatic heterocycles. The van der Waals surface area contributed by atoms with Crippen molar-refractivity contribution in [3.63, 3.8) is 0 Å². The number of hydrogen-bond acceptors (Lipinski definition) is 4. The molecule has 1 heterocycles. The molecule has 1 aliphatic carbocycles. The molecule has 1 aliphatic rings. The van der Waals surface area contributed by atoms with Crippen molar-refractivity contribution in [1.82, 2.24) is 9.97 Å². The zero-order valence-electron chi connectivity index (χ0n) is 13.3. The number of aryl methyl sites for hydroxylation is 1. The SMILES string of the molecule is C[C@H](Sc1nc2c(c(=O)[nH]1)CCCC2)C(=O)Nc1cccc(Cl)c1. The van der Waals surface area contributed by atoms with Gasteiger partial charge in [0.25, 0.3) is 5.56 Å². The van der Waals surface area contributed by atoms with Crippen LogP contribution in [0.15, 0.2) is 34.2 Å². The number of aromatic nitrogens is 2. The molecular formula is C17H18ClN3O2S. The highest BCUT2D eigenvalue weighted by molar-refractivity contribution is 8.00. The molecule has 1 amide bonds. The van der Waals surface area contributed by atoms with Gasteiger partial charge in [-0.05, 0) is 50.8 Å². The number of fused-ring (bicyclic) bond motifs is 1. The quantitative estimate of drug-likeness (QED) is 0.644. The van der Waals surface area contributed by atoms with E-state index < -0.39 is 5.25 Å². The number of aromatic amines is 1. The van der Waals surface area contributed by atoms with E-state index in [9.17, 15) is 9.59 Å². The number of nitrogens with zero attached hydrogens (tertiary/aromatic N) is 1. The first-order chi connectivity index (χ1) is 11.5. The molecule has 0 saturated heterocycles. The monoisotopic (exact) mass is 363 g/mol. The lowest BCUT2D eigenvalue weighted by Crippen LogP contribution is -2.25. The summed E-state index contributed by atoms with van der Waals surface area (Å²) in [5.41, 5.74) is 2.23. The molecule has 2 N–H and O–H groups in total. The summed E-state index contributed by atoms with van der Waals surface area (Å²) in [6, 6.07) is 6.99. The van der Waals surface area contributed by atoms with E-state index in [4.69, 9.17) is 11.6 Å². The molecule has 5 nitrogen and oxygen atoms in total. The summed E-state index contributed by atoms with van der Waals surface area (Å²) in [4.78, 5) is 31.8. The van der Waals surface area contributed by atoms with Crippen molar-refractivity contribution in [3.8, 4) is 0 Å². The second-order valence-electron chi connectivity index (χ2n) is 5.76. The van der Waals surface area contributed by atoms with Crippen molar-refractivity contribution in [2.45, 2.75) is 43.0 Å². The van der Waals surface area contributed by atoms with Crippen molar-refractivity contribution in [2.24, 2.45) is 0 Å². The first kappa shape index (κ1) is 17.0. The molecule has 0 bridgehead atoms. The van der Waals surface area contributed by atoms with E-state index in [0.29, 0.717) is 15.9 Å². The molecule has 3 rings (SSSR count). The topological polar surface area (TPSA) is 74.8 Å². The summed E-state index contributed by atoms with van der Waals surface area (Å²) < 4.78 is 0. The number of carbonyl (C=O) groups is 1. The molecule has 0 saturated carbocycles. The highest BCUT2D eigenvalue weighted by Crippen LogP contribution is 2.23. The molecule has 126 valence electrons. The third kappa shape index (κ3) is 3.99. The minimum Gasteiger partial charge on any atom is -0.325 e. The van der Waals surface area contributed by atoms with Crippen molar-refractivity contribution >= 4 is 35.0 Å². The number of benzene rings is 1. The number of carbonyl (C=O) groups excluding carboxylic acids is 1. The van der Waals surface area contributed by atoms with Crippen LogP contribution in [0.25, 0.3) is 0 Å². The smallest absolute Gasteiger partial charge is 0.254 e. The van der Waals surface area contributed by atoms with Crippen LogP contribution >= 0.6 is 23.4 Å². The Kier molecular flexibility index (Phi) is 5.26. The van der Waals surface area contributed by atoms with Gasteiger partial charge in [0.2, 0.25) is 5.91 Å². The van der Waals surface area contributed by atoms with E-state index in [1.54, 1.807) is 31.2 Å². The third-order valence-electron chi connectivity index (χ3n) is 3.92. The van der Waals surface area contributed by atoms with Gasteiger partial charge < -0.3 is 10.3 Å². The number of amides is 1. The van der Waals surface area contributed by atoms with Gasteiger partial charge in [0.1, 0.15) is 0 Å². The number of H-pyrrole nitrogens is 1. The molecule has 2 aromatic rings. The van der Waals surface area contributed by atoms with E-state index in [1.807, 2.05) is 0 Å². The minimum atomic E-state index is -0.395. The molecule has 1 aromatic carbocycles. The summed E-state index contributed by atoms with van der Waals surface area (Å²) in [5.74, 6) is -0.164. The molecule has 0 unspecified atom stereocenters. The van der Waals surface area contributed by atoms with E-state index >= 15 is 0 Å². The summed E-state index contributed by atoms with van der Waals surface area (Å²) in [6.07, 6.45) is 3.70. The van der Waals surface area contributed by atoms with Gasteiger partial charge in [0, 0.05) is 16.3 Å². The Labute approximate surface area is 149 Å². The Balaban J connectivity index is 1.70. The predicted octanol–water partition coefficient (Wildman–Crippen LogP) is 3.42. The Morgan fingerprint density at radius 2 is 2.17 bits per heavy atom. The molecule has 1 aromatic heterocycles. The zero-order valence-corrected chi connectivity index (χ0v) is 14.8. The minimum absolute atomic E-state index is 0.0790. The van der Waals surface area contributed by atoms with Crippen molar-refractivity contribution in [1.29, 1.82) is 0 Å². The second-order valence-corrected chi connectivity index (χ2v) is 7.53. The molecule has 24 heavy (non-hydrogen) atoms. The molecule has 0 fully saturated rings. The summed E-state index contributed by atoms with van der Waals surface area (Å²) >= 11 is 7.17. The Morgan fingerprint density at radius 1 is 1.38 bits per heavy atom. The number of hydrogen-bond donors (Lipinski definition) is 2. The zero-order chi connectivity index (χ0) is 17.1. The predicted molar refractivity (Wildman–Crippen MR) is 96.9 cm³/mol. The van der Waals surface area contributed by atoms with Crippen LogP contribution in [0.5, 0.6) is 0 Å². The number of thioether (sulfide) groups is 1. The van der Waals surface area contributed by atoms with Crippen molar-refractivity contribution in [3.05, 3.63) is 50.9 Å². The molecule has 7 heteroatoms. The highest BCUT2D eigenvalue weighted by Gasteiger charge is 2.19. The van der Waals surface area contributed by atoms with Gasteiger partial charge in [-0.25, -0.2) is 4.98 Å². The molecule has 1 atom stereocenters. The van der Waals surface area contributed by atoms with Gasteiger partial charge in [-0.1, -0.05) is 29.4 Å². The number of rotatable bonds is 4. The maximum absolute atomic E-state index is 12.3.